The summed E-state index contributed by atoms with van der Waals surface area (Å²) in [5, 5.41) is 0. The lowest BCUT2D eigenvalue weighted by atomic mass is 10.3. The number of rotatable bonds is 2. The lowest BCUT2D eigenvalue weighted by Crippen LogP contribution is -2.09. The quantitative estimate of drug-likeness (QED) is 0.482. The average molecular weight is 107 g/mol. The Hall–Kier alpha value is -0.470. The Morgan fingerprint density at radius 1 is 1.71 bits per heavy atom. The lowest BCUT2D eigenvalue weighted by Gasteiger charge is -2.00. The third-order valence-electron chi connectivity index (χ3n) is 0.382. The summed E-state index contributed by atoms with van der Waals surface area (Å²) in [5.41, 5.74) is 0. The van der Waals surface area contributed by atoms with Gasteiger partial charge < -0.3 is 4.79 Å². The van der Waals surface area contributed by atoms with Crippen LogP contribution < -0.4 is 0 Å². The molecule has 0 unspecified atom stereocenters. The molecule has 0 bridgehead atoms. The molecule has 0 aromatic rings. The number of alkyl halides is 2. The maximum Gasteiger partial charge on any atom is 0.254 e. The fraction of sp³-hybridized carbons (Fsp3) is 0.500. The molecule has 0 fully saturated rings. The van der Waals surface area contributed by atoms with E-state index in [0.717, 1.165) is 0 Å². The van der Waals surface area contributed by atoms with Gasteiger partial charge >= 0.3 is 0 Å². The first-order valence-electron chi connectivity index (χ1n) is 1.73. The topological polar surface area (TPSA) is 17.1 Å². The summed E-state index contributed by atoms with van der Waals surface area (Å²) in [6, 6.07) is 0. The van der Waals surface area contributed by atoms with Crippen molar-refractivity contribution < 1.29 is 13.6 Å². The van der Waals surface area contributed by atoms with Crippen LogP contribution in [0.15, 0.2) is 0 Å². The van der Waals surface area contributed by atoms with Gasteiger partial charge in [0.1, 0.15) is 6.29 Å². The van der Waals surface area contributed by atoms with Gasteiger partial charge in [0, 0.05) is 6.92 Å². The molecule has 0 aromatic heterocycles. The second-order valence-corrected chi connectivity index (χ2v) is 1.23. The van der Waals surface area contributed by atoms with E-state index in [4.69, 9.17) is 0 Å². The fourth-order valence-electron chi connectivity index (χ4n) is 0.122. The predicted molar refractivity (Wildman–Crippen MR) is 21.0 cm³/mol. The van der Waals surface area contributed by atoms with Crippen molar-refractivity contribution in [3.63, 3.8) is 0 Å². The van der Waals surface area contributed by atoms with Crippen molar-refractivity contribution in [2.24, 2.45) is 0 Å². The number of carbonyl (C=O) groups is 1. The van der Waals surface area contributed by atoms with Crippen LogP contribution in [0.3, 0.4) is 0 Å². The Kier molecular flexibility index (Phi) is 1.87. The van der Waals surface area contributed by atoms with Crippen molar-refractivity contribution in [1.82, 2.24) is 0 Å². The molecule has 0 N–H and O–H groups in total. The Morgan fingerprint density at radius 3 is 2.14 bits per heavy atom. The molecule has 0 saturated carbocycles. The molecular weight excluding hydrogens is 102 g/mol. The molecule has 0 aliphatic heterocycles. The number of hydrogen-bond donors (Lipinski definition) is 0. The monoisotopic (exact) mass is 107 g/mol. The maximum absolute atomic E-state index is 11.4. The first kappa shape index (κ1) is 6.53. The van der Waals surface area contributed by atoms with Gasteiger partial charge in [-0.3, -0.25) is 0 Å². The highest BCUT2D eigenvalue weighted by Crippen LogP contribution is 2.12. The minimum Gasteiger partial charge on any atom is -0.303 e. The second-order valence-electron chi connectivity index (χ2n) is 1.23. The average Bonchev–Trinajstić information content (AvgIpc) is 1.30. The van der Waals surface area contributed by atoms with E-state index in [0.29, 0.717) is 0 Å². The van der Waals surface area contributed by atoms with Crippen LogP contribution in [0.25, 0.3) is 0 Å². The molecule has 0 rings (SSSR count). The lowest BCUT2D eigenvalue weighted by molar-refractivity contribution is -0.112. The Labute approximate surface area is 40.3 Å². The van der Waals surface area contributed by atoms with Crippen LogP contribution in [0.5, 0.6) is 0 Å². The van der Waals surface area contributed by atoms with E-state index in [-0.39, 0.29) is 6.29 Å². The van der Waals surface area contributed by atoms with E-state index in [9.17, 15) is 13.6 Å². The van der Waals surface area contributed by atoms with Crippen molar-refractivity contribution >= 4 is 6.29 Å². The molecule has 0 saturated heterocycles. The standard InChI is InChI=1S/C4H5F2O/c1-4(5,6)2-3-7/h3H,1-2H2. The molecule has 0 spiro atoms. The Balaban J connectivity index is 3.34. The summed E-state index contributed by atoms with van der Waals surface area (Å²) in [4.78, 5) is 9.30. The first-order valence-corrected chi connectivity index (χ1v) is 1.73. The smallest absolute Gasteiger partial charge is 0.254 e. The molecule has 3 heteroatoms. The minimum atomic E-state index is -3.07. The highest BCUT2D eigenvalue weighted by molar-refractivity contribution is 5.50. The molecule has 1 radical (unpaired) electrons. The number of carbonyl (C=O) groups excluding carboxylic acids is 1. The summed E-state index contributed by atoms with van der Waals surface area (Å²) in [5.74, 6) is -3.07. The fourth-order valence-corrected chi connectivity index (χ4v) is 0.122. The van der Waals surface area contributed by atoms with Gasteiger partial charge in [-0.2, -0.15) is 0 Å². The zero-order valence-corrected chi connectivity index (χ0v) is 3.66. The number of aldehydes is 1. The van der Waals surface area contributed by atoms with Crippen LogP contribution in [0, 0.1) is 6.92 Å². The highest BCUT2D eigenvalue weighted by Gasteiger charge is 2.19. The molecule has 0 aliphatic carbocycles. The van der Waals surface area contributed by atoms with Gasteiger partial charge in [-0.15, -0.1) is 0 Å². The molecule has 0 aliphatic rings. The molecule has 0 amide bonds. The molecule has 7 heavy (non-hydrogen) atoms. The van der Waals surface area contributed by atoms with E-state index < -0.39 is 12.3 Å². The van der Waals surface area contributed by atoms with Gasteiger partial charge in [-0.05, 0) is 0 Å². The number of hydrogen-bond acceptors (Lipinski definition) is 1. The third-order valence-corrected chi connectivity index (χ3v) is 0.382. The van der Waals surface area contributed by atoms with Gasteiger partial charge in [-0.1, -0.05) is 0 Å². The van der Waals surface area contributed by atoms with Gasteiger partial charge in [0.25, 0.3) is 5.92 Å². The molecule has 0 atom stereocenters. The van der Waals surface area contributed by atoms with Crippen molar-refractivity contribution in [2.75, 3.05) is 0 Å². The van der Waals surface area contributed by atoms with E-state index in [1.54, 1.807) is 0 Å². The maximum atomic E-state index is 11.4. The predicted octanol–water partition coefficient (Wildman–Crippen LogP) is 1.04. The van der Waals surface area contributed by atoms with Gasteiger partial charge in [-0.25, -0.2) is 8.78 Å². The van der Waals surface area contributed by atoms with Crippen molar-refractivity contribution in [3.8, 4) is 0 Å². The zero-order valence-electron chi connectivity index (χ0n) is 3.66. The van der Waals surface area contributed by atoms with E-state index in [2.05, 4.69) is 6.92 Å². The minimum absolute atomic E-state index is 0.146. The molecule has 0 heterocycles. The SMILES string of the molecule is [CH2]C(F)(F)CC=O. The van der Waals surface area contributed by atoms with Gasteiger partial charge in [0.2, 0.25) is 0 Å². The molecular formula is C4H5F2O. The first-order chi connectivity index (χ1) is 3.06. The second kappa shape index (κ2) is 2.00. The highest BCUT2D eigenvalue weighted by atomic mass is 19.3. The molecule has 1 nitrogen and oxygen atoms in total. The summed E-state index contributed by atoms with van der Waals surface area (Å²) >= 11 is 0. The van der Waals surface area contributed by atoms with Crippen LogP contribution in [0.4, 0.5) is 8.78 Å². The Morgan fingerprint density at radius 2 is 2.14 bits per heavy atom. The van der Waals surface area contributed by atoms with Crippen LogP contribution in [-0.4, -0.2) is 12.2 Å². The van der Waals surface area contributed by atoms with Crippen LogP contribution in [0.2, 0.25) is 0 Å². The summed E-state index contributed by atoms with van der Waals surface area (Å²) in [6.07, 6.45) is -0.639. The van der Waals surface area contributed by atoms with Crippen molar-refractivity contribution in [2.45, 2.75) is 12.3 Å². The largest absolute Gasteiger partial charge is 0.303 e. The normalized spacial score (nSPS) is 11.3. The van der Waals surface area contributed by atoms with Crippen LogP contribution in [0.1, 0.15) is 6.42 Å². The van der Waals surface area contributed by atoms with E-state index in [1.807, 2.05) is 0 Å². The summed E-state index contributed by atoms with van der Waals surface area (Å²) in [6.45, 7) is 2.40. The summed E-state index contributed by atoms with van der Waals surface area (Å²) < 4.78 is 22.8. The van der Waals surface area contributed by atoms with Crippen LogP contribution >= 0.6 is 0 Å². The van der Waals surface area contributed by atoms with Gasteiger partial charge in [0.15, 0.2) is 0 Å². The zero-order chi connectivity index (χ0) is 5.91. The third kappa shape index (κ3) is 5.53. The van der Waals surface area contributed by atoms with Crippen molar-refractivity contribution in [1.29, 1.82) is 0 Å². The van der Waals surface area contributed by atoms with Crippen molar-refractivity contribution in [3.05, 3.63) is 6.92 Å². The summed E-state index contributed by atoms with van der Waals surface area (Å²) in [7, 11) is 0. The van der Waals surface area contributed by atoms with Crippen LogP contribution in [-0.2, 0) is 4.79 Å². The van der Waals surface area contributed by atoms with Gasteiger partial charge in [0.05, 0.1) is 6.42 Å². The van der Waals surface area contributed by atoms with E-state index >= 15 is 0 Å². The molecule has 0 aromatic carbocycles. The Bertz CT molecular complexity index is 64.6. The molecule has 41 valence electrons. The van der Waals surface area contributed by atoms with E-state index in [1.165, 1.54) is 0 Å². The number of halogens is 2.